The molecule has 3 aromatic rings. The van der Waals surface area contributed by atoms with Crippen molar-refractivity contribution in [3.8, 4) is 11.3 Å². The minimum atomic E-state index is -0.671. The topological polar surface area (TPSA) is 106 Å². The number of hydrogen-bond donors (Lipinski definition) is 2. The van der Waals surface area contributed by atoms with E-state index >= 15 is 0 Å². The molecule has 3 aliphatic rings. The van der Waals surface area contributed by atoms with Crippen LogP contribution in [0.5, 0.6) is 0 Å². The Morgan fingerprint density at radius 1 is 1.10 bits per heavy atom. The van der Waals surface area contributed by atoms with Crippen molar-refractivity contribution < 1.29 is 23.6 Å². The summed E-state index contributed by atoms with van der Waals surface area (Å²) < 4.78 is 17.1. The lowest BCUT2D eigenvalue weighted by atomic mass is 9.79. The molecule has 3 aliphatic heterocycles. The zero-order valence-electron chi connectivity index (χ0n) is 22.9. The van der Waals surface area contributed by atoms with Crippen molar-refractivity contribution in [2.24, 2.45) is 0 Å². The molecule has 39 heavy (non-hydrogen) atoms. The van der Waals surface area contributed by atoms with Gasteiger partial charge in [0, 0.05) is 6.42 Å². The normalized spacial score (nSPS) is 22.9. The van der Waals surface area contributed by atoms with Gasteiger partial charge >= 0.3 is 13.2 Å². The number of imidazole rings is 1. The Bertz CT molecular complexity index is 1420. The number of rotatable bonds is 4. The second-order valence-electron chi connectivity index (χ2n) is 11.5. The van der Waals surface area contributed by atoms with Crippen LogP contribution < -0.4 is 15.7 Å². The number of carbonyl (C=O) groups excluding carboxylic acids is 2. The summed E-state index contributed by atoms with van der Waals surface area (Å²) in [5.74, 6) is 0.549. The van der Waals surface area contributed by atoms with E-state index in [9.17, 15) is 9.59 Å². The summed E-state index contributed by atoms with van der Waals surface area (Å²) in [5.41, 5.74) is 5.12. The predicted molar refractivity (Wildman–Crippen MR) is 148 cm³/mol. The number of methoxy groups -OCH3 is 1. The third-order valence-corrected chi connectivity index (χ3v) is 8.54. The number of benzene rings is 2. The van der Waals surface area contributed by atoms with Gasteiger partial charge in [0.1, 0.15) is 11.9 Å². The average molecular weight is 528 g/mol. The Labute approximate surface area is 228 Å². The highest BCUT2D eigenvalue weighted by molar-refractivity contribution is 6.62. The maximum absolute atomic E-state index is 13.7. The molecule has 10 heteroatoms. The number of para-hydroxylation sites is 1. The van der Waals surface area contributed by atoms with Gasteiger partial charge in [-0.3, -0.25) is 9.69 Å². The fourth-order valence-electron chi connectivity index (χ4n) is 5.64. The molecule has 0 radical (unpaired) electrons. The fraction of sp³-hybridized carbons (Fsp3) is 0.414. The maximum atomic E-state index is 13.7. The zero-order chi connectivity index (χ0) is 27.5. The van der Waals surface area contributed by atoms with E-state index in [1.165, 1.54) is 7.11 Å². The number of H-pyrrole nitrogens is 1. The highest BCUT2D eigenvalue weighted by Crippen LogP contribution is 2.44. The van der Waals surface area contributed by atoms with E-state index in [2.05, 4.69) is 22.4 Å². The molecular formula is C29H33BN4O5. The molecule has 1 fully saturated rings. The van der Waals surface area contributed by atoms with Crippen LogP contribution in [0.3, 0.4) is 0 Å². The second-order valence-corrected chi connectivity index (χ2v) is 11.5. The Morgan fingerprint density at radius 2 is 1.79 bits per heavy atom. The quantitative estimate of drug-likeness (QED) is 0.501. The number of aryl methyl sites for hydroxylation is 1. The van der Waals surface area contributed by atoms with Crippen molar-refractivity contribution in [1.29, 1.82) is 0 Å². The summed E-state index contributed by atoms with van der Waals surface area (Å²) in [5, 5.41) is 2.72. The van der Waals surface area contributed by atoms with E-state index in [-0.39, 0.29) is 11.9 Å². The summed E-state index contributed by atoms with van der Waals surface area (Å²) in [6, 6.07) is 13.2. The van der Waals surface area contributed by atoms with Crippen LogP contribution in [0.1, 0.15) is 57.1 Å². The maximum Gasteiger partial charge on any atom is 0.494 e. The molecule has 1 saturated heterocycles. The predicted octanol–water partition coefficient (Wildman–Crippen LogP) is 3.68. The average Bonchev–Trinajstić information content (AvgIpc) is 3.57. The van der Waals surface area contributed by atoms with E-state index in [4.69, 9.17) is 19.0 Å². The van der Waals surface area contributed by atoms with Gasteiger partial charge in [-0.25, -0.2) is 9.78 Å². The van der Waals surface area contributed by atoms with Crippen LogP contribution in [0, 0.1) is 0 Å². The first-order valence-corrected chi connectivity index (χ1v) is 13.4. The van der Waals surface area contributed by atoms with Gasteiger partial charge in [-0.2, -0.15) is 0 Å². The van der Waals surface area contributed by atoms with Gasteiger partial charge < -0.3 is 24.3 Å². The molecule has 4 heterocycles. The van der Waals surface area contributed by atoms with Gasteiger partial charge in [-0.1, -0.05) is 42.5 Å². The van der Waals surface area contributed by atoms with Crippen molar-refractivity contribution in [1.82, 2.24) is 15.3 Å². The summed E-state index contributed by atoms with van der Waals surface area (Å²) in [4.78, 5) is 35.7. The molecule has 2 amide bonds. The van der Waals surface area contributed by atoms with Crippen LogP contribution >= 0.6 is 0 Å². The molecule has 0 bridgehead atoms. The third-order valence-electron chi connectivity index (χ3n) is 8.54. The highest BCUT2D eigenvalue weighted by Gasteiger charge is 2.51. The lowest BCUT2D eigenvalue weighted by Gasteiger charge is -2.32. The zero-order valence-corrected chi connectivity index (χ0v) is 22.9. The van der Waals surface area contributed by atoms with Crippen LogP contribution in [0.2, 0.25) is 0 Å². The Hall–Kier alpha value is -3.63. The molecule has 9 nitrogen and oxygen atoms in total. The number of anilines is 1. The highest BCUT2D eigenvalue weighted by atomic mass is 16.7. The Morgan fingerprint density at radius 3 is 2.49 bits per heavy atom. The molecule has 1 aromatic heterocycles. The van der Waals surface area contributed by atoms with Gasteiger partial charge in [-0.15, -0.1) is 0 Å². The van der Waals surface area contributed by atoms with Gasteiger partial charge in [-0.05, 0) is 62.7 Å². The molecule has 0 unspecified atom stereocenters. The van der Waals surface area contributed by atoms with Gasteiger partial charge in [0.05, 0.1) is 41.9 Å². The largest absolute Gasteiger partial charge is 0.494 e. The van der Waals surface area contributed by atoms with E-state index in [0.29, 0.717) is 25.1 Å². The summed E-state index contributed by atoms with van der Waals surface area (Å²) in [7, 11) is 0.877. The van der Waals surface area contributed by atoms with Crippen LogP contribution in [0.4, 0.5) is 10.5 Å². The first kappa shape index (κ1) is 25.6. The molecule has 2 aromatic carbocycles. The van der Waals surface area contributed by atoms with Gasteiger partial charge in [0.25, 0.3) is 0 Å². The third kappa shape index (κ3) is 4.32. The van der Waals surface area contributed by atoms with Crippen molar-refractivity contribution in [2.75, 3.05) is 12.0 Å². The molecule has 0 saturated carbocycles. The van der Waals surface area contributed by atoms with Gasteiger partial charge in [0.2, 0.25) is 5.91 Å². The lowest BCUT2D eigenvalue weighted by Crippen LogP contribution is -2.48. The molecule has 2 atom stereocenters. The fourth-order valence-corrected chi connectivity index (χ4v) is 5.64. The first-order chi connectivity index (χ1) is 18.6. The SMILES string of the molecule is COC(=O)N[C@H]1CCc2cccc3c2N(C1=O)[C@H](c1ncc(-c2ccc(B4OC(C)(C)C(C)(C)O4)cc2)[nH]1)C3. The van der Waals surface area contributed by atoms with Crippen LogP contribution in [0.25, 0.3) is 11.3 Å². The van der Waals surface area contributed by atoms with E-state index < -0.39 is 30.5 Å². The number of alkyl carbamates (subject to hydrolysis) is 1. The summed E-state index contributed by atoms with van der Waals surface area (Å²) in [6.45, 7) is 8.17. The van der Waals surface area contributed by atoms with Gasteiger partial charge in [0.15, 0.2) is 0 Å². The van der Waals surface area contributed by atoms with Crippen LogP contribution in [-0.2, 0) is 31.7 Å². The smallest absolute Gasteiger partial charge is 0.453 e. The van der Waals surface area contributed by atoms with Crippen molar-refractivity contribution in [3.63, 3.8) is 0 Å². The number of ether oxygens (including phenoxy) is 1. The molecule has 2 N–H and O–H groups in total. The van der Waals surface area contributed by atoms with E-state index in [1.807, 2.05) is 62.9 Å². The van der Waals surface area contributed by atoms with E-state index in [1.54, 1.807) is 6.20 Å². The number of amides is 2. The monoisotopic (exact) mass is 528 g/mol. The minimum Gasteiger partial charge on any atom is -0.453 e. The molecular weight excluding hydrogens is 495 g/mol. The van der Waals surface area contributed by atoms with E-state index in [0.717, 1.165) is 33.5 Å². The van der Waals surface area contributed by atoms with Crippen molar-refractivity contribution >= 4 is 30.3 Å². The number of carbonyl (C=O) groups is 2. The number of hydrogen-bond acceptors (Lipinski definition) is 6. The second kappa shape index (κ2) is 9.24. The molecule has 202 valence electrons. The Balaban J connectivity index is 1.26. The molecule has 6 rings (SSSR count). The first-order valence-electron chi connectivity index (χ1n) is 13.4. The van der Waals surface area contributed by atoms with Crippen LogP contribution in [0.15, 0.2) is 48.7 Å². The number of nitrogens with one attached hydrogen (secondary N) is 2. The number of aromatic amines is 1. The molecule has 0 spiro atoms. The van der Waals surface area contributed by atoms with Crippen molar-refractivity contribution in [3.05, 3.63) is 65.6 Å². The standard InChI is InChI=1S/C29H33BN4O5/c1-28(2)29(3,4)39-30(38-28)20-12-9-17(10-13-20)22-16-31-25(32-22)23-15-19-8-6-7-18-11-14-21(33-27(36)37-5)26(35)34(23)24(18)19/h6-10,12-13,16,21,23H,11,14-15H2,1-5H3,(H,31,32)(H,33,36)/t21-,23-/m0/s1. The minimum absolute atomic E-state index is 0.154. The van der Waals surface area contributed by atoms with Crippen molar-refractivity contribution in [2.45, 2.75) is 70.2 Å². The molecule has 0 aliphatic carbocycles. The summed E-state index contributed by atoms with van der Waals surface area (Å²) in [6.07, 6.45) is 3.03. The lowest BCUT2D eigenvalue weighted by molar-refractivity contribution is -0.121. The number of aromatic nitrogens is 2. The summed E-state index contributed by atoms with van der Waals surface area (Å²) >= 11 is 0. The van der Waals surface area contributed by atoms with Crippen LogP contribution in [-0.4, -0.2) is 53.4 Å². The number of nitrogens with zero attached hydrogens (tertiary/aromatic N) is 2. The Kier molecular flexibility index (Phi) is 6.07.